The maximum absolute atomic E-state index is 8.69. The molecule has 1 atom stereocenters. The van der Waals surface area contributed by atoms with Gasteiger partial charge in [0.2, 0.25) is 0 Å². The Morgan fingerprint density at radius 1 is 1.21 bits per heavy atom. The highest BCUT2D eigenvalue weighted by atomic mass is 16.4. The van der Waals surface area contributed by atoms with E-state index in [0.717, 1.165) is 13.0 Å². The molecule has 1 aliphatic heterocycles. The summed E-state index contributed by atoms with van der Waals surface area (Å²) in [6.07, 6.45) is 7.47. The Labute approximate surface area is 84.8 Å². The van der Waals surface area contributed by atoms with Gasteiger partial charge in [-0.05, 0) is 32.2 Å². The Kier molecular flexibility index (Phi) is 2.91. The molecule has 1 saturated carbocycles. The van der Waals surface area contributed by atoms with E-state index >= 15 is 0 Å². The van der Waals surface area contributed by atoms with E-state index in [-0.39, 0.29) is 6.04 Å². The minimum atomic E-state index is 0.197. The van der Waals surface area contributed by atoms with E-state index in [1.54, 1.807) is 0 Å². The Balaban J connectivity index is 2.02. The van der Waals surface area contributed by atoms with Gasteiger partial charge in [0.15, 0.2) is 5.84 Å². The second kappa shape index (κ2) is 4.17. The molecule has 3 N–H and O–H groups in total. The van der Waals surface area contributed by atoms with Crippen molar-refractivity contribution in [2.45, 2.75) is 50.6 Å². The molecule has 4 nitrogen and oxygen atoms in total. The monoisotopic (exact) mass is 197 g/mol. The number of rotatable bonds is 2. The number of nitrogens with zero attached hydrogens (tertiary/aromatic N) is 2. The van der Waals surface area contributed by atoms with Crippen LogP contribution in [0, 0.1) is 0 Å². The van der Waals surface area contributed by atoms with Gasteiger partial charge in [0.05, 0.1) is 6.04 Å². The zero-order chi connectivity index (χ0) is 9.97. The van der Waals surface area contributed by atoms with Crippen LogP contribution in [0.3, 0.4) is 0 Å². The predicted molar refractivity (Wildman–Crippen MR) is 55.4 cm³/mol. The van der Waals surface area contributed by atoms with Crippen molar-refractivity contribution in [2.75, 3.05) is 6.54 Å². The predicted octanol–water partition coefficient (Wildman–Crippen LogP) is 1.14. The molecule has 2 fully saturated rings. The van der Waals surface area contributed by atoms with Gasteiger partial charge in [-0.15, -0.1) is 0 Å². The van der Waals surface area contributed by atoms with Crippen LogP contribution >= 0.6 is 0 Å². The van der Waals surface area contributed by atoms with Crippen LogP contribution in [-0.4, -0.2) is 34.6 Å². The van der Waals surface area contributed by atoms with Crippen LogP contribution in [0.25, 0.3) is 0 Å². The number of hydrogen-bond acceptors (Lipinski definition) is 3. The second-order valence-corrected chi connectivity index (χ2v) is 4.36. The van der Waals surface area contributed by atoms with Crippen molar-refractivity contribution in [3.05, 3.63) is 0 Å². The SMILES string of the molecule is NC(=NO)C1CCCN1C1CCCC1. The molecule has 0 aromatic rings. The second-order valence-electron chi connectivity index (χ2n) is 4.36. The molecular formula is C10H19N3O. The van der Waals surface area contributed by atoms with Crippen molar-refractivity contribution in [3.63, 3.8) is 0 Å². The number of hydrogen-bond donors (Lipinski definition) is 2. The van der Waals surface area contributed by atoms with E-state index in [2.05, 4.69) is 10.1 Å². The Bertz CT molecular complexity index is 223. The van der Waals surface area contributed by atoms with Gasteiger partial charge < -0.3 is 10.9 Å². The van der Waals surface area contributed by atoms with E-state index in [1.165, 1.54) is 32.1 Å². The molecule has 0 aromatic carbocycles. The third-order valence-corrected chi connectivity index (χ3v) is 3.54. The summed E-state index contributed by atoms with van der Waals surface area (Å²) in [5.41, 5.74) is 5.69. The minimum absolute atomic E-state index is 0.197. The van der Waals surface area contributed by atoms with Crippen molar-refractivity contribution < 1.29 is 5.21 Å². The lowest BCUT2D eigenvalue weighted by molar-refractivity contribution is 0.212. The topological polar surface area (TPSA) is 61.9 Å². The first-order valence-corrected chi connectivity index (χ1v) is 5.56. The Hall–Kier alpha value is -0.770. The van der Waals surface area contributed by atoms with E-state index in [9.17, 15) is 0 Å². The normalized spacial score (nSPS) is 31.4. The van der Waals surface area contributed by atoms with Crippen LogP contribution in [0.1, 0.15) is 38.5 Å². The summed E-state index contributed by atoms with van der Waals surface area (Å²) in [7, 11) is 0. The third-order valence-electron chi connectivity index (χ3n) is 3.54. The van der Waals surface area contributed by atoms with Crippen LogP contribution in [0.5, 0.6) is 0 Å². The highest BCUT2D eigenvalue weighted by Gasteiger charge is 2.34. The van der Waals surface area contributed by atoms with Crippen molar-refractivity contribution in [3.8, 4) is 0 Å². The summed E-state index contributed by atoms with van der Waals surface area (Å²) in [6.45, 7) is 1.12. The van der Waals surface area contributed by atoms with E-state index in [1.807, 2.05) is 0 Å². The van der Waals surface area contributed by atoms with Gasteiger partial charge in [0, 0.05) is 6.04 Å². The smallest absolute Gasteiger partial charge is 0.156 e. The average molecular weight is 197 g/mol. The summed E-state index contributed by atoms with van der Waals surface area (Å²) in [6, 6.07) is 0.880. The van der Waals surface area contributed by atoms with Gasteiger partial charge in [-0.25, -0.2) is 0 Å². The molecule has 14 heavy (non-hydrogen) atoms. The summed E-state index contributed by atoms with van der Waals surface area (Å²) in [4.78, 5) is 2.43. The summed E-state index contributed by atoms with van der Waals surface area (Å²) < 4.78 is 0. The number of amidine groups is 1. The van der Waals surface area contributed by atoms with E-state index in [4.69, 9.17) is 10.9 Å². The first-order chi connectivity index (χ1) is 6.83. The lowest BCUT2D eigenvalue weighted by Crippen LogP contribution is -2.45. The van der Waals surface area contributed by atoms with Crippen molar-refractivity contribution in [2.24, 2.45) is 10.9 Å². The molecule has 4 heteroatoms. The summed E-state index contributed by atoms with van der Waals surface area (Å²) >= 11 is 0. The van der Waals surface area contributed by atoms with Crippen LogP contribution in [0.4, 0.5) is 0 Å². The third kappa shape index (κ3) is 1.71. The molecule has 80 valence electrons. The van der Waals surface area contributed by atoms with Gasteiger partial charge in [-0.2, -0.15) is 0 Å². The van der Waals surface area contributed by atoms with Gasteiger partial charge in [0.25, 0.3) is 0 Å². The first kappa shape index (κ1) is 9.77. The van der Waals surface area contributed by atoms with Gasteiger partial charge >= 0.3 is 0 Å². The maximum Gasteiger partial charge on any atom is 0.156 e. The fourth-order valence-electron chi connectivity index (χ4n) is 2.85. The zero-order valence-electron chi connectivity index (χ0n) is 8.52. The van der Waals surface area contributed by atoms with Gasteiger partial charge in [-0.1, -0.05) is 18.0 Å². The van der Waals surface area contributed by atoms with Gasteiger partial charge in [0.1, 0.15) is 0 Å². The fourth-order valence-corrected chi connectivity index (χ4v) is 2.85. The molecule has 1 saturated heterocycles. The Morgan fingerprint density at radius 2 is 1.93 bits per heavy atom. The molecule has 0 bridgehead atoms. The Morgan fingerprint density at radius 3 is 2.57 bits per heavy atom. The molecule has 1 aliphatic carbocycles. The molecule has 2 rings (SSSR count). The molecule has 1 unspecified atom stereocenters. The van der Waals surface area contributed by atoms with Crippen LogP contribution < -0.4 is 5.73 Å². The zero-order valence-corrected chi connectivity index (χ0v) is 8.52. The van der Waals surface area contributed by atoms with Crippen molar-refractivity contribution in [1.29, 1.82) is 0 Å². The fraction of sp³-hybridized carbons (Fsp3) is 0.900. The summed E-state index contributed by atoms with van der Waals surface area (Å²) in [5, 5.41) is 11.8. The summed E-state index contributed by atoms with van der Waals surface area (Å²) in [5.74, 6) is 0.398. The molecule has 2 aliphatic rings. The molecule has 1 heterocycles. The van der Waals surface area contributed by atoms with Crippen molar-refractivity contribution >= 4 is 5.84 Å². The highest BCUT2D eigenvalue weighted by molar-refractivity contribution is 5.85. The maximum atomic E-state index is 8.69. The number of nitrogens with two attached hydrogens (primary N) is 1. The molecule has 0 spiro atoms. The highest BCUT2D eigenvalue weighted by Crippen LogP contribution is 2.29. The lowest BCUT2D eigenvalue weighted by atomic mass is 10.1. The standard InChI is InChI=1S/C10H19N3O/c11-10(12-14)9-6-3-7-13(9)8-4-1-2-5-8/h8-9,14H,1-7H2,(H2,11,12). The number of likely N-dealkylation sites (tertiary alicyclic amines) is 1. The van der Waals surface area contributed by atoms with Crippen LogP contribution in [0.2, 0.25) is 0 Å². The molecule has 0 radical (unpaired) electrons. The van der Waals surface area contributed by atoms with Gasteiger partial charge in [-0.3, -0.25) is 4.90 Å². The van der Waals surface area contributed by atoms with Crippen LogP contribution in [-0.2, 0) is 0 Å². The lowest BCUT2D eigenvalue weighted by Gasteiger charge is -2.29. The van der Waals surface area contributed by atoms with E-state index < -0.39 is 0 Å². The number of oxime groups is 1. The largest absolute Gasteiger partial charge is 0.409 e. The first-order valence-electron chi connectivity index (χ1n) is 5.56. The average Bonchev–Trinajstić information content (AvgIpc) is 2.85. The molecule has 0 amide bonds. The van der Waals surface area contributed by atoms with E-state index in [0.29, 0.717) is 11.9 Å². The van der Waals surface area contributed by atoms with Crippen LogP contribution in [0.15, 0.2) is 5.16 Å². The molecular weight excluding hydrogens is 178 g/mol. The molecule has 0 aromatic heterocycles. The quantitative estimate of drug-likeness (QED) is 0.302. The van der Waals surface area contributed by atoms with Crippen molar-refractivity contribution in [1.82, 2.24) is 4.90 Å². The minimum Gasteiger partial charge on any atom is -0.409 e.